The second-order valence-corrected chi connectivity index (χ2v) is 3.43. The van der Waals surface area contributed by atoms with Crippen LogP contribution in [0.2, 0.25) is 0 Å². The molecule has 0 saturated heterocycles. The van der Waals surface area contributed by atoms with E-state index in [-0.39, 0.29) is 0 Å². The van der Waals surface area contributed by atoms with Crippen molar-refractivity contribution in [2.45, 2.75) is 12.8 Å². The van der Waals surface area contributed by atoms with E-state index in [1.165, 1.54) is 16.5 Å². The molecule has 2 rings (SSSR count). The number of nitrogens with two attached hydrogens (primary N) is 1. The van der Waals surface area contributed by atoms with E-state index in [4.69, 9.17) is 5.73 Å². The highest BCUT2D eigenvalue weighted by molar-refractivity contribution is 5.83. The van der Waals surface area contributed by atoms with Crippen LogP contribution in [-0.4, -0.2) is 11.5 Å². The van der Waals surface area contributed by atoms with Crippen LogP contribution in [0.15, 0.2) is 30.5 Å². The summed E-state index contributed by atoms with van der Waals surface area (Å²) >= 11 is 0. The first-order valence-corrected chi connectivity index (χ1v) is 4.59. The maximum absolute atomic E-state index is 5.64. The first-order valence-electron chi connectivity index (χ1n) is 4.59. The molecule has 0 aliphatic heterocycles. The van der Waals surface area contributed by atoms with E-state index >= 15 is 0 Å². The third-order valence-corrected chi connectivity index (χ3v) is 2.51. The second-order valence-electron chi connectivity index (χ2n) is 3.43. The van der Waals surface area contributed by atoms with Gasteiger partial charge in [0.1, 0.15) is 0 Å². The van der Waals surface area contributed by atoms with Crippen molar-refractivity contribution in [3.8, 4) is 0 Å². The SMILES string of the molecule is C[C@@H](CN)c1c[nH]c2ccccc12. The van der Waals surface area contributed by atoms with Gasteiger partial charge in [-0.15, -0.1) is 0 Å². The Morgan fingerprint density at radius 2 is 2.15 bits per heavy atom. The highest BCUT2D eigenvalue weighted by Crippen LogP contribution is 2.24. The Morgan fingerprint density at radius 1 is 1.38 bits per heavy atom. The van der Waals surface area contributed by atoms with Gasteiger partial charge in [-0.3, -0.25) is 0 Å². The fourth-order valence-corrected chi connectivity index (χ4v) is 1.63. The Balaban J connectivity index is 2.57. The van der Waals surface area contributed by atoms with Crippen LogP contribution in [0.3, 0.4) is 0 Å². The minimum Gasteiger partial charge on any atom is -0.361 e. The molecule has 1 heterocycles. The summed E-state index contributed by atoms with van der Waals surface area (Å²) in [5.41, 5.74) is 8.15. The maximum atomic E-state index is 5.64. The average Bonchev–Trinajstić information content (AvgIpc) is 2.60. The Labute approximate surface area is 77.8 Å². The molecule has 0 unspecified atom stereocenters. The van der Waals surface area contributed by atoms with E-state index in [1.807, 2.05) is 6.07 Å². The van der Waals surface area contributed by atoms with Crippen molar-refractivity contribution in [1.29, 1.82) is 0 Å². The quantitative estimate of drug-likeness (QED) is 0.720. The number of fused-ring (bicyclic) bond motifs is 1. The molecule has 2 aromatic rings. The summed E-state index contributed by atoms with van der Waals surface area (Å²) in [6.45, 7) is 2.84. The lowest BCUT2D eigenvalue weighted by Gasteiger charge is -2.05. The summed E-state index contributed by atoms with van der Waals surface area (Å²) < 4.78 is 0. The summed E-state index contributed by atoms with van der Waals surface area (Å²) in [6.07, 6.45) is 2.06. The number of aromatic amines is 1. The monoisotopic (exact) mass is 174 g/mol. The van der Waals surface area contributed by atoms with E-state index in [1.54, 1.807) is 0 Å². The number of aromatic nitrogens is 1. The van der Waals surface area contributed by atoms with Gasteiger partial charge < -0.3 is 10.7 Å². The number of rotatable bonds is 2. The van der Waals surface area contributed by atoms with E-state index in [9.17, 15) is 0 Å². The predicted molar refractivity (Wildman–Crippen MR) is 55.8 cm³/mol. The van der Waals surface area contributed by atoms with Crippen LogP contribution in [0.25, 0.3) is 10.9 Å². The van der Waals surface area contributed by atoms with E-state index in [0.717, 1.165) is 0 Å². The second kappa shape index (κ2) is 3.23. The highest BCUT2D eigenvalue weighted by Gasteiger charge is 2.08. The molecule has 0 aliphatic rings. The summed E-state index contributed by atoms with van der Waals surface area (Å²) in [5, 5.41) is 1.29. The molecule has 1 atom stereocenters. The predicted octanol–water partition coefficient (Wildman–Crippen LogP) is 2.23. The molecule has 0 radical (unpaired) electrons. The summed E-state index contributed by atoms with van der Waals surface area (Å²) in [4.78, 5) is 3.25. The largest absolute Gasteiger partial charge is 0.361 e. The zero-order chi connectivity index (χ0) is 9.26. The molecule has 3 N–H and O–H groups in total. The van der Waals surface area contributed by atoms with Crippen LogP contribution in [-0.2, 0) is 0 Å². The van der Waals surface area contributed by atoms with Crippen LogP contribution in [0.1, 0.15) is 18.4 Å². The minimum atomic E-state index is 0.427. The lowest BCUT2D eigenvalue weighted by Crippen LogP contribution is -2.08. The summed E-state index contributed by atoms with van der Waals surface area (Å²) in [6, 6.07) is 8.31. The molecule has 0 amide bonds. The van der Waals surface area contributed by atoms with Crippen LogP contribution in [0.5, 0.6) is 0 Å². The fraction of sp³-hybridized carbons (Fsp3) is 0.273. The Hall–Kier alpha value is -1.28. The van der Waals surface area contributed by atoms with Gasteiger partial charge in [-0.05, 0) is 24.1 Å². The first-order chi connectivity index (χ1) is 6.33. The van der Waals surface area contributed by atoms with Gasteiger partial charge in [0.2, 0.25) is 0 Å². The number of nitrogens with one attached hydrogen (secondary N) is 1. The third kappa shape index (κ3) is 1.33. The molecule has 1 aromatic carbocycles. The molecule has 2 nitrogen and oxygen atoms in total. The number of hydrogen-bond donors (Lipinski definition) is 2. The summed E-state index contributed by atoms with van der Waals surface area (Å²) in [5.74, 6) is 0.427. The molecular formula is C11H14N2. The van der Waals surface area contributed by atoms with E-state index in [2.05, 4.69) is 36.3 Å². The van der Waals surface area contributed by atoms with Gasteiger partial charge in [0.15, 0.2) is 0 Å². The molecule has 0 bridgehead atoms. The molecule has 0 spiro atoms. The number of para-hydroxylation sites is 1. The average molecular weight is 174 g/mol. The number of hydrogen-bond acceptors (Lipinski definition) is 1. The van der Waals surface area contributed by atoms with E-state index < -0.39 is 0 Å². The van der Waals surface area contributed by atoms with Gasteiger partial charge in [-0.25, -0.2) is 0 Å². The lowest BCUT2D eigenvalue weighted by molar-refractivity contribution is 0.780. The van der Waals surface area contributed by atoms with Gasteiger partial charge in [0.25, 0.3) is 0 Å². The molecule has 2 heteroatoms. The van der Waals surface area contributed by atoms with Crippen molar-refractivity contribution in [3.05, 3.63) is 36.0 Å². The van der Waals surface area contributed by atoms with E-state index in [0.29, 0.717) is 12.5 Å². The zero-order valence-corrected chi connectivity index (χ0v) is 7.75. The zero-order valence-electron chi connectivity index (χ0n) is 7.75. The molecule has 0 fully saturated rings. The van der Waals surface area contributed by atoms with Crippen molar-refractivity contribution in [3.63, 3.8) is 0 Å². The first kappa shape index (κ1) is 8.32. The Morgan fingerprint density at radius 3 is 2.92 bits per heavy atom. The fourth-order valence-electron chi connectivity index (χ4n) is 1.63. The summed E-state index contributed by atoms with van der Waals surface area (Å²) in [7, 11) is 0. The van der Waals surface area contributed by atoms with Crippen LogP contribution in [0, 0.1) is 0 Å². The number of benzene rings is 1. The maximum Gasteiger partial charge on any atom is 0.0456 e. The topological polar surface area (TPSA) is 41.8 Å². The van der Waals surface area contributed by atoms with Crippen LogP contribution >= 0.6 is 0 Å². The van der Waals surface area contributed by atoms with Gasteiger partial charge >= 0.3 is 0 Å². The molecule has 13 heavy (non-hydrogen) atoms. The van der Waals surface area contributed by atoms with Gasteiger partial charge in [0, 0.05) is 17.1 Å². The normalized spacial score (nSPS) is 13.4. The highest BCUT2D eigenvalue weighted by atomic mass is 14.7. The Bertz CT molecular complexity index is 403. The van der Waals surface area contributed by atoms with Crippen LogP contribution in [0.4, 0.5) is 0 Å². The molecule has 68 valence electrons. The van der Waals surface area contributed by atoms with Crippen molar-refractivity contribution in [2.24, 2.45) is 5.73 Å². The molecule has 0 saturated carbocycles. The number of H-pyrrole nitrogens is 1. The van der Waals surface area contributed by atoms with Crippen molar-refractivity contribution in [1.82, 2.24) is 4.98 Å². The van der Waals surface area contributed by atoms with Gasteiger partial charge in [-0.2, -0.15) is 0 Å². The molecule has 1 aromatic heterocycles. The minimum absolute atomic E-state index is 0.427. The van der Waals surface area contributed by atoms with Gasteiger partial charge in [-0.1, -0.05) is 25.1 Å². The van der Waals surface area contributed by atoms with Crippen molar-refractivity contribution < 1.29 is 0 Å². The Kier molecular flexibility index (Phi) is 2.07. The van der Waals surface area contributed by atoms with Crippen molar-refractivity contribution >= 4 is 10.9 Å². The third-order valence-electron chi connectivity index (χ3n) is 2.51. The van der Waals surface area contributed by atoms with Crippen LogP contribution < -0.4 is 5.73 Å². The smallest absolute Gasteiger partial charge is 0.0456 e. The standard InChI is InChI=1S/C11H14N2/c1-8(6-12)10-7-13-11-5-3-2-4-9(10)11/h2-5,7-8,13H,6,12H2,1H3/t8-/m0/s1. The van der Waals surface area contributed by atoms with Crippen molar-refractivity contribution in [2.75, 3.05) is 6.54 Å². The molecular weight excluding hydrogens is 160 g/mol. The lowest BCUT2D eigenvalue weighted by atomic mass is 10.0. The molecule has 0 aliphatic carbocycles. The van der Waals surface area contributed by atoms with Gasteiger partial charge in [0.05, 0.1) is 0 Å².